The van der Waals surface area contributed by atoms with Gasteiger partial charge in [-0.3, -0.25) is 4.79 Å². The Kier molecular flexibility index (Phi) is 2.17. The first kappa shape index (κ1) is 9.67. The number of carbonyl (C=O) groups is 1. The van der Waals surface area contributed by atoms with Crippen molar-refractivity contribution in [3.63, 3.8) is 0 Å². The number of amides is 1. The van der Waals surface area contributed by atoms with Gasteiger partial charge in [-0.15, -0.1) is 10.2 Å². The van der Waals surface area contributed by atoms with Gasteiger partial charge in [0.2, 0.25) is 0 Å². The Morgan fingerprint density at radius 3 is 2.73 bits per heavy atom. The van der Waals surface area contributed by atoms with Gasteiger partial charge in [-0.1, -0.05) is 11.6 Å². The molecule has 0 aliphatic rings. The van der Waals surface area contributed by atoms with E-state index in [-0.39, 0.29) is 11.4 Å². The molecule has 0 saturated carbocycles. The number of nitrogens with zero attached hydrogens (tertiary/aromatic N) is 2. The Balaban J connectivity index is 2.82. The molecule has 2 rings (SSSR count). The summed E-state index contributed by atoms with van der Waals surface area (Å²) in [6, 6.07) is 4.96. The minimum Gasteiger partial charge on any atom is -0.396 e. The second kappa shape index (κ2) is 3.36. The third-order valence-corrected chi connectivity index (χ3v) is 2.23. The summed E-state index contributed by atoms with van der Waals surface area (Å²) >= 11 is 5.80. The SMILES string of the molecule is NC(=O)c1nnc2ccc(Cl)cc2c1N. The minimum absolute atomic E-state index is 0.0373. The van der Waals surface area contributed by atoms with E-state index in [4.69, 9.17) is 23.1 Å². The molecule has 2 aromatic rings. The van der Waals surface area contributed by atoms with E-state index in [9.17, 15) is 4.79 Å². The average Bonchev–Trinajstić information content (AvgIpc) is 2.19. The van der Waals surface area contributed by atoms with Gasteiger partial charge in [0, 0.05) is 10.4 Å². The van der Waals surface area contributed by atoms with Gasteiger partial charge in [-0.25, -0.2) is 0 Å². The Labute approximate surface area is 90.0 Å². The molecule has 0 atom stereocenters. The highest BCUT2D eigenvalue weighted by molar-refractivity contribution is 6.31. The van der Waals surface area contributed by atoms with Crippen molar-refractivity contribution in [3.05, 3.63) is 28.9 Å². The number of halogens is 1. The molecule has 1 aromatic heterocycles. The summed E-state index contributed by atoms with van der Waals surface area (Å²) in [6.07, 6.45) is 0. The van der Waals surface area contributed by atoms with Gasteiger partial charge in [0.25, 0.3) is 5.91 Å². The molecule has 76 valence electrons. The second-order valence-corrected chi connectivity index (χ2v) is 3.42. The molecule has 0 aliphatic heterocycles. The van der Waals surface area contributed by atoms with Crippen LogP contribution in [0.1, 0.15) is 10.5 Å². The van der Waals surface area contributed by atoms with Crippen molar-refractivity contribution < 1.29 is 4.79 Å². The van der Waals surface area contributed by atoms with Crippen molar-refractivity contribution in [3.8, 4) is 0 Å². The highest BCUT2D eigenvalue weighted by Gasteiger charge is 2.12. The Hall–Kier alpha value is -1.88. The average molecular weight is 223 g/mol. The monoisotopic (exact) mass is 222 g/mol. The fourth-order valence-corrected chi connectivity index (χ4v) is 1.45. The van der Waals surface area contributed by atoms with E-state index in [1.54, 1.807) is 18.2 Å². The lowest BCUT2D eigenvalue weighted by Gasteiger charge is -2.04. The molecule has 1 heterocycles. The highest BCUT2D eigenvalue weighted by atomic mass is 35.5. The fraction of sp³-hybridized carbons (Fsp3) is 0. The number of nitrogens with two attached hydrogens (primary N) is 2. The number of fused-ring (bicyclic) bond motifs is 1. The van der Waals surface area contributed by atoms with Gasteiger partial charge in [0.15, 0.2) is 5.69 Å². The molecule has 5 nitrogen and oxygen atoms in total. The zero-order valence-corrected chi connectivity index (χ0v) is 8.32. The predicted octanol–water partition coefficient (Wildman–Crippen LogP) is 0.964. The summed E-state index contributed by atoms with van der Waals surface area (Å²) in [5, 5.41) is 8.54. The van der Waals surface area contributed by atoms with Gasteiger partial charge in [-0.05, 0) is 18.2 Å². The van der Waals surface area contributed by atoms with E-state index in [1.807, 2.05) is 0 Å². The van der Waals surface area contributed by atoms with Gasteiger partial charge < -0.3 is 11.5 Å². The van der Waals surface area contributed by atoms with Gasteiger partial charge in [0.1, 0.15) is 0 Å². The Bertz CT molecular complexity index is 555. The highest BCUT2D eigenvalue weighted by Crippen LogP contribution is 2.24. The molecule has 0 fully saturated rings. The third kappa shape index (κ3) is 1.57. The molecule has 1 amide bonds. The summed E-state index contributed by atoms with van der Waals surface area (Å²) in [5.41, 5.74) is 11.6. The molecule has 15 heavy (non-hydrogen) atoms. The molecule has 0 radical (unpaired) electrons. The maximum absolute atomic E-state index is 11.0. The van der Waals surface area contributed by atoms with Crippen molar-refractivity contribution >= 4 is 34.1 Å². The molecule has 0 spiro atoms. The largest absolute Gasteiger partial charge is 0.396 e. The summed E-state index contributed by atoms with van der Waals surface area (Å²) in [5.74, 6) is -0.707. The first-order valence-electron chi connectivity index (χ1n) is 4.11. The van der Waals surface area contributed by atoms with Crippen LogP contribution in [0.2, 0.25) is 5.02 Å². The van der Waals surface area contributed by atoms with Crippen LogP contribution in [0.5, 0.6) is 0 Å². The van der Waals surface area contributed by atoms with Crippen molar-refractivity contribution in [2.24, 2.45) is 5.73 Å². The molecule has 0 aliphatic carbocycles. The van der Waals surface area contributed by atoms with Crippen LogP contribution < -0.4 is 11.5 Å². The molecular weight excluding hydrogens is 216 g/mol. The van der Waals surface area contributed by atoms with E-state index in [1.165, 1.54) is 0 Å². The molecule has 0 saturated heterocycles. The number of rotatable bonds is 1. The van der Waals surface area contributed by atoms with Crippen LogP contribution in [-0.4, -0.2) is 16.1 Å². The molecular formula is C9H7ClN4O. The van der Waals surface area contributed by atoms with Crippen molar-refractivity contribution in [1.82, 2.24) is 10.2 Å². The number of benzene rings is 1. The van der Waals surface area contributed by atoms with E-state index < -0.39 is 5.91 Å². The van der Waals surface area contributed by atoms with Gasteiger partial charge in [0.05, 0.1) is 11.2 Å². The number of hydrogen-bond acceptors (Lipinski definition) is 4. The van der Waals surface area contributed by atoms with Crippen LogP contribution in [0, 0.1) is 0 Å². The molecule has 6 heteroatoms. The quantitative estimate of drug-likeness (QED) is 0.751. The summed E-state index contributed by atoms with van der Waals surface area (Å²) < 4.78 is 0. The zero-order valence-electron chi connectivity index (χ0n) is 7.57. The minimum atomic E-state index is -0.707. The van der Waals surface area contributed by atoms with Gasteiger partial charge in [-0.2, -0.15) is 0 Å². The smallest absolute Gasteiger partial charge is 0.271 e. The number of primary amides is 1. The molecule has 4 N–H and O–H groups in total. The lowest BCUT2D eigenvalue weighted by molar-refractivity contribution is 0.0996. The number of hydrogen-bond donors (Lipinski definition) is 2. The van der Waals surface area contributed by atoms with Gasteiger partial charge >= 0.3 is 0 Å². The second-order valence-electron chi connectivity index (χ2n) is 2.99. The number of nitrogen functional groups attached to an aromatic ring is 1. The number of anilines is 1. The Morgan fingerprint density at radius 1 is 1.33 bits per heavy atom. The predicted molar refractivity (Wildman–Crippen MR) is 57.5 cm³/mol. The van der Waals surface area contributed by atoms with Crippen LogP contribution in [0.3, 0.4) is 0 Å². The maximum atomic E-state index is 11.0. The normalized spacial score (nSPS) is 10.5. The first-order chi connectivity index (χ1) is 7.09. The van der Waals surface area contributed by atoms with Crippen LogP contribution in [0.4, 0.5) is 5.69 Å². The lowest BCUT2D eigenvalue weighted by atomic mass is 10.1. The van der Waals surface area contributed by atoms with E-state index in [2.05, 4.69) is 10.2 Å². The van der Waals surface area contributed by atoms with Crippen molar-refractivity contribution in [1.29, 1.82) is 0 Å². The molecule has 0 unspecified atom stereocenters. The molecule has 0 bridgehead atoms. The zero-order chi connectivity index (χ0) is 11.0. The van der Waals surface area contributed by atoms with Crippen LogP contribution >= 0.6 is 11.6 Å². The first-order valence-corrected chi connectivity index (χ1v) is 4.48. The van der Waals surface area contributed by atoms with E-state index in [0.29, 0.717) is 15.9 Å². The van der Waals surface area contributed by atoms with Crippen LogP contribution in [0.15, 0.2) is 18.2 Å². The van der Waals surface area contributed by atoms with E-state index in [0.717, 1.165) is 0 Å². The van der Waals surface area contributed by atoms with Crippen molar-refractivity contribution in [2.45, 2.75) is 0 Å². The fourth-order valence-electron chi connectivity index (χ4n) is 1.28. The lowest BCUT2D eigenvalue weighted by Crippen LogP contribution is -2.16. The van der Waals surface area contributed by atoms with E-state index >= 15 is 0 Å². The Morgan fingerprint density at radius 2 is 2.07 bits per heavy atom. The maximum Gasteiger partial charge on any atom is 0.271 e. The number of carbonyl (C=O) groups excluding carboxylic acids is 1. The van der Waals surface area contributed by atoms with Crippen molar-refractivity contribution in [2.75, 3.05) is 5.73 Å². The summed E-state index contributed by atoms with van der Waals surface area (Å²) in [7, 11) is 0. The van der Waals surface area contributed by atoms with Crippen LogP contribution in [0.25, 0.3) is 10.9 Å². The summed E-state index contributed by atoms with van der Waals surface area (Å²) in [6.45, 7) is 0. The summed E-state index contributed by atoms with van der Waals surface area (Å²) in [4.78, 5) is 11.0. The standard InChI is InChI=1S/C9H7ClN4O/c10-4-1-2-6-5(3-4)7(11)8(9(12)15)14-13-6/h1-3H,(H2,11,13)(H2,12,15). The number of aromatic nitrogens is 2. The topological polar surface area (TPSA) is 94.9 Å². The third-order valence-electron chi connectivity index (χ3n) is 2.00. The van der Waals surface area contributed by atoms with Crippen LogP contribution in [-0.2, 0) is 0 Å². The molecule has 1 aromatic carbocycles.